The minimum absolute atomic E-state index is 0.510. The number of nitrogens with zero attached hydrogens (tertiary/aromatic N) is 2. The number of hydrogen-bond acceptors (Lipinski definition) is 4. The third-order valence-corrected chi connectivity index (χ3v) is 3.95. The van der Waals surface area contributed by atoms with Crippen LogP contribution in [0.1, 0.15) is 16.8 Å². The molecule has 122 valence electrons. The van der Waals surface area contributed by atoms with Crippen LogP contribution < -0.4 is 10.6 Å². The largest absolute Gasteiger partial charge is 0.340 e. The Bertz CT molecular complexity index is 877. The van der Waals surface area contributed by atoms with Crippen molar-refractivity contribution >= 4 is 34.7 Å². The summed E-state index contributed by atoms with van der Waals surface area (Å²) in [5.41, 5.74) is 5.08. The maximum atomic E-state index is 6.19. The Morgan fingerprint density at radius 3 is 2.38 bits per heavy atom. The van der Waals surface area contributed by atoms with E-state index >= 15 is 0 Å². The van der Waals surface area contributed by atoms with E-state index in [0.29, 0.717) is 11.0 Å². The highest BCUT2D eigenvalue weighted by molar-refractivity contribution is 6.33. The molecule has 3 aromatic rings. The molecule has 4 nitrogen and oxygen atoms in total. The van der Waals surface area contributed by atoms with E-state index in [2.05, 4.69) is 52.6 Å². The molecule has 1 aromatic heterocycles. The summed E-state index contributed by atoms with van der Waals surface area (Å²) in [5.74, 6) is 1.25. The first-order chi connectivity index (χ1) is 11.5. The van der Waals surface area contributed by atoms with Crippen molar-refractivity contribution < 1.29 is 0 Å². The van der Waals surface area contributed by atoms with Gasteiger partial charge in [-0.2, -0.15) is 4.98 Å². The molecule has 0 radical (unpaired) electrons. The molecule has 0 aliphatic rings. The van der Waals surface area contributed by atoms with E-state index in [1.165, 1.54) is 11.1 Å². The van der Waals surface area contributed by atoms with E-state index < -0.39 is 0 Å². The molecule has 0 saturated heterocycles. The first-order valence-corrected chi connectivity index (χ1v) is 8.10. The lowest BCUT2D eigenvalue weighted by Gasteiger charge is -2.12. The van der Waals surface area contributed by atoms with Crippen LogP contribution in [0.15, 0.2) is 48.5 Å². The molecule has 0 atom stereocenters. The van der Waals surface area contributed by atoms with Gasteiger partial charge in [-0.3, -0.25) is 0 Å². The summed E-state index contributed by atoms with van der Waals surface area (Å²) in [6.45, 7) is 6.09. The van der Waals surface area contributed by atoms with Gasteiger partial charge in [0.1, 0.15) is 5.82 Å². The summed E-state index contributed by atoms with van der Waals surface area (Å²) in [7, 11) is 0. The van der Waals surface area contributed by atoms with E-state index in [1.807, 2.05) is 37.3 Å². The number of rotatable bonds is 4. The molecule has 0 amide bonds. The molecule has 0 unspecified atom stereocenters. The number of nitrogens with one attached hydrogen (secondary N) is 2. The first kappa shape index (κ1) is 16.3. The fourth-order valence-electron chi connectivity index (χ4n) is 2.46. The van der Waals surface area contributed by atoms with Gasteiger partial charge in [-0.1, -0.05) is 41.4 Å². The van der Waals surface area contributed by atoms with Crippen molar-refractivity contribution in [3.63, 3.8) is 0 Å². The van der Waals surface area contributed by atoms with Crippen molar-refractivity contribution in [1.82, 2.24) is 9.97 Å². The van der Waals surface area contributed by atoms with Crippen molar-refractivity contribution in [3.05, 3.63) is 70.4 Å². The number of benzene rings is 2. The van der Waals surface area contributed by atoms with Crippen LogP contribution in [0, 0.1) is 20.8 Å². The fourth-order valence-corrected chi connectivity index (χ4v) is 2.65. The van der Waals surface area contributed by atoms with Gasteiger partial charge >= 0.3 is 0 Å². The van der Waals surface area contributed by atoms with Crippen LogP contribution in [0.3, 0.4) is 0 Å². The van der Waals surface area contributed by atoms with Crippen LogP contribution >= 0.6 is 11.6 Å². The van der Waals surface area contributed by atoms with Crippen LogP contribution in [0.5, 0.6) is 0 Å². The SMILES string of the molecule is Cc1ccc(Nc2cc(C)nc(Nc3ccccc3Cl)n2)c(C)c1. The molecule has 0 aliphatic heterocycles. The number of aryl methyl sites for hydroxylation is 3. The van der Waals surface area contributed by atoms with Gasteiger partial charge in [0.25, 0.3) is 0 Å². The third-order valence-electron chi connectivity index (χ3n) is 3.62. The van der Waals surface area contributed by atoms with Gasteiger partial charge in [-0.25, -0.2) is 4.98 Å². The van der Waals surface area contributed by atoms with Crippen molar-refractivity contribution in [2.24, 2.45) is 0 Å². The summed E-state index contributed by atoms with van der Waals surface area (Å²) in [4.78, 5) is 8.96. The third kappa shape index (κ3) is 3.84. The maximum Gasteiger partial charge on any atom is 0.229 e. The van der Waals surface area contributed by atoms with Crippen LogP contribution in [-0.2, 0) is 0 Å². The van der Waals surface area contributed by atoms with Crippen molar-refractivity contribution in [1.29, 1.82) is 0 Å². The summed E-state index contributed by atoms with van der Waals surface area (Å²) in [6, 6.07) is 15.7. The predicted octanol–water partition coefficient (Wildman–Crippen LogP) is 5.54. The van der Waals surface area contributed by atoms with Crippen molar-refractivity contribution in [2.75, 3.05) is 10.6 Å². The maximum absolute atomic E-state index is 6.19. The molecular weight excluding hydrogens is 320 g/mol. The standard InChI is InChI=1S/C19H19ClN4/c1-12-8-9-16(13(2)10-12)22-18-11-14(3)21-19(24-18)23-17-7-5-4-6-15(17)20/h4-11H,1-3H3,(H2,21,22,23,24). The van der Waals surface area contributed by atoms with E-state index in [0.717, 1.165) is 22.9 Å². The van der Waals surface area contributed by atoms with E-state index in [9.17, 15) is 0 Å². The molecule has 0 aliphatic carbocycles. The molecule has 0 spiro atoms. The van der Waals surface area contributed by atoms with E-state index in [4.69, 9.17) is 11.6 Å². The molecule has 1 heterocycles. The van der Waals surface area contributed by atoms with Crippen LogP contribution in [0.25, 0.3) is 0 Å². The Labute approximate surface area is 146 Å². The molecule has 0 bridgehead atoms. The smallest absolute Gasteiger partial charge is 0.229 e. The zero-order chi connectivity index (χ0) is 17.1. The molecule has 0 saturated carbocycles. The molecule has 5 heteroatoms. The minimum atomic E-state index is 0.510. The second-order valence-electron chi connectivity index (χ2n) is 5.77. The Balaban J connectivity index is 1.87. The van der Waals surface area contributed by atoms with Gasteiger partial charge < -0.3 is 10.6 Å². The number of para-hydroxylation sites is 1. The second-order valence-corrected chi connectivity index (χ2v) is 6.17. The highest BCUT2D eigenvalue weighted by atomic mass is 35.5. The van der Waals surface area contributed by atoms with Crippen LogP contribution in [0.2, 0.25) is 5.02 Å². The van der Waals surface area contributed by atoms with Gasteiger partial charge in [-0.05, 0) is 44.5 Å². The van der Waals surface area contributed by atoms with Gasteiger partial charge in [0, 0.05) is 17.4 Å². The number of halogens is 1. The average molecular weight is 339 g/mol. The minimum Gasteiger partial charge on any atom is -0.340 e. The summed E-state index contributed by atoms with van der Waals surface area (Å²) in [6.07, 6.45) is 0. The highest BCUT2D eigenvalue weighted by Crippen LogP contribution is 2.25. The molecule has 0 fully saturated rings. The van der Waals surface area contributed by atoms with Gasteiger partial charge in [0.05, 0.1) is 10.7 Å². The van der Waals surface area contributed by atoms with Gasteiger partial charge in [0.2, 0.25) is 5.95 Å². The summed E-state index contributed by atoms with van der Waals surface area (Å²) in [5, 5.41) is 7.16. The molecular formula is C19H19ClN4. The second kappa shape index (κ2) is 6.89. The molecule has 2 aromatic carbocycles. The van der Waals surface area contributed by atoms with E-state index in [-0.39, 0.29) is 0 Å². The van der Waals surface area contributed by atoms with Gasteiger partial charge in [0.15, 0.2) is 0 Å². The summed E-state index contributed by atoms with van der Waals surface area (Å²) < 4.78 is 0. The lowest BCUT2D eigenvalue weighted by Crippen LogP contribution is -2.03. The van der Waals surface area contributed by atoms with Gasteiger partial charge in [-0.15, -0.1) is 0 Å². The lowest BCUT2D eigenvalue weighted by atomic mass is 10.1. The Kier molecular flexibility index (Phi) is 4.67. The summed E-state index contributed by atoms with van der Waals surface area (Å²) >= 11 is 6.19. The highest BCUT2D eigenvalue weighted by Gasteiger charge is 2.06. The zero-order valence-corrected chi connectivity index (χ0v) is 14.6. The Morgan fingerprint density at radius 2 is 1.62 bits per heavy atom. The Hall–Kier alpha value is -2.59. The molecule has 24 heavy (non-hydrogen) atoms. The quantitative estimate of drug-likeness (QED) is 0.655. The lowest BCUT2D eigenvalue weighted by molar-refractivity contribution is 1.11. The first-order valence-electron chi connectivity index (χ1n) is 7.73. The fraction of sp³-hybridized carbons (Fsp3) is 0.158. The predicted molar refractivity (Wildman–Crippen MR) is 101 cm³/mol. The number of hydrogen-bond donors (Lipinski definition) is 2. The van der Waals surface area contributed by atoms with Crippen LogP contribution in [-0.4, -0.2) is 9.97 Å². The zero-order valence-electron chi connectivity index (χ0n) is 13.9. The van der Waals surface area contributed by atoms with Crippen molar-refractivity contribution in [2.45, 2.75) is 20.8 Å². The number of aromatic nitrogens is 2. The van der Waals surface area contributed by atoms with Crippen molar-refractivity contribution in [3.8, 4) is 0 Å². The van der Waals surface area contributed by atoms with E-state index in [1.54, 1.807) is 0 Å². The monoisotopic (exact) mass is 338 g/mol. The number of anilines is 4. The molecule has 2 N–H and O–H groups in total. The Morgan fingerprint density at radius 1 is 0.833 bits per heavy atom. The topological polar surface area (TPSA) is 49.8 Å². The normalized spacial score (nSPS) is 10.5. The average Bonchev–Trinajstić information content (AvgIpc) is 2.52. The van der Waals surface area contributed by atoms with Crippen LogP contribution in [0.4, 0.5) is 23.1 Å². The molecule has 3 rings (SSSR count).